The van der Waals surface area contributed by atoms with Crippen LogP contribution in [0.5, 0.6) is 0 Å². The fourth-order valence-corrected chi connectivity index (χ4v) is 2.69. The fraction of sp³-hybridized carbons (Fsp3) is 0.0556. The number of pyridine rings is 1. The molecule has 0 fully saturated rings. The summed E-state index contributed by atoms with van der Waals surface area (Å²) in [5, 5.41) is 13.9. The second-order valence-electron chi connectivity index (χ2n) is 6.03. The molecule has 4 rings (SSSR count). The maximum absolute atomic E-state index is 12.7. The van der Waals surface area contributed by atoms with Crippen LogP contribution in [0.3, 0.4) is 0 Å². The van der Waals surface area contributed by atoms with Crippen molar-refractivity contribution in [2.75, 3.05) is 0 Å². The zero-order valence-electron chi connectivity index (χ0n) is 13.8. The molecule has 0 saturated heterocycles. The van der Waals surface area contributed by atoms with Gasteiger partial charge in [0, 0.05) is 17.1 Å². The lowest BCUT2D eigenvalue weighted by Crippen LogP contribution is -2.33. The summed E-state index contributed by atoms with van der Waals surface area (Å²) in [6, 6.07) is 11.8. The molecule has 0 radical (unpaired) electrons. The second kappa shape index (κ2) is 6.51. The van der Waals surface area contributed by atoms with E-state index in [4.69, 9.17) is 4.52 Å². The highest BCUT2D eigenvalue weighted by Crippen LogP contribution is 2.25. The number of hydrogen-bond donors (Lipinski definition) is 1. The van der Waals surface area contributed by atoms with E-state index in [0.29, 0.717) is 11.1 Å². The molecule has 27 heavy (non-hydrogen) atoms. The van der Waals surface area contributed by atoms with E-state index in [2.05, 4.69) is 15.1 Å². The molecule has 4 aromatic rings. The highest BCUT2D eigenvalue weighted by Gasteiger charge is 2.25. The minimum atomic E-state index is -5.04. The molecule has 9 heteroatoms. The number of halogens is 3. The van der Waals surface area contributed by atoms with Gasteiger partial charge in [-0.05, 0) is 17.7 Å². The van der Waals surface area contributed by atoms with E-state index in [1.54, 1.807) is 18.3 Å². The standard InChI is InChI=1S/C18H12BF3N3O2/c20-19(21,22)15-5-3-12(4-6-15)17-24-18(27-25-17)14-8-13-2-1-11(10-26)7-16(13)23-9-14/h1-9,26H,10H2/q-1. The van der Waals surface area contributed by atoms with Gasteiger partial charge in [0.2, 0.25) is 5.82 Å². The van der Waals surface area contributed by atoms with Crippen molar-refractivity contribution in [3.05, 3.63) is 60.3 Å². The number of aliphatic hydroxyl groups excluding tert-OH is 1. The maximum atomic E-state index is 12.7. The molecule has 0 bridgehead atoms. The summed E-state index contributed by atoms with van der Waals surface area (Å²) in [6.45, 7) is -5.11. The molecule has 2 heterocycles. The largest absolute Gasteiger partial charge is 0.509 e. The first-order valence-corrected chi connectivity index (χ1v) is 8.08. The Balaban J connectivity index is 1.65. The van der Waals surface area contributed by atoms with Crippen molar-refractivity contribution in [2.24, 2.45) is 0 Å². The van der Waals surface area contributed by atoms with E-state index in [9.17, 15) is 18.1 Å². The Morgan fingerprint density at radius 2 is 1.74 bits per heavy atom. The van der Waals surface area contributed by atoms with Gasteiger partial charge in [-0.1, -0.05) is 41.6 Å². The number of aromatic nitrogens is 3. The van der Waals surface area contributed by atoms with Gasteiger partial charge in [-0.25, -0.2) is 0 Å². The Morgan fingerprint density at radius 3 is 2.44 bits per heavy atom. The van der Waals surface area contributed by atoms with Crippen molar-refractivity contribution < 1.29 is 22.6 Å². The highest BCUT2D eigenvalue weighted by atomic mass is 19.4. The van der Waals surface area contributed by atoms with Crippen LogP contribution in [-0.2, 0) is 6.61 Å². The third kappa shape index (κ3) is 3.41. The van der Waals surface area contributed by atoms with Gasteiger partial charge in [0.1, 0.15) is 0 Å². The average Bonchev–Trinajstić information content (AvgIpc) is 3.17. The highest BCUT2D eigenvalue weighted by molar-refractivity contribution is 6.73. The number of nitrogens with zero attached hydrogens (tertiary/aromatic N) is 3. The lowest BCUT2D eigenvalue weighted by Gasteiger charge is -2.14. The van der Waals surface area contributed by atoms with Crippen molar-refractivity contribution in [1.29, 1.82) is 0 Å². The molecule has 0 spiro atoms. The van der Waals surface area contributed by atoms with E-state index < -0.39 is 12.4 Å². The first-order chi connectivity index (χ1) is 12.9. The van der Waals surface area contributed by atoms with Gasteiger partial charge in [-0.15, -0.1) is 5.46 Å². The van der Waals surface area contributed by atoms with Gasteiger partial charge >= 0.3 is 6.98 Å². The molecule has 0 atom stereocenters. The van der Waals surface area contributed by atoms with Crippen LogP contribution in [-0.4, -0.2) is 27.2 Å². The monoisotopic (exact) mass is 370 g/mol. The van der Waals surface area contributed by atoms with E-state index in [1.165, 1.54) is 12.1 Å². The number of rotatable bonds is 4. The number of hydrogen-bond acceptors (Lipinski definition) is 5. The summed E-state index contributed by atoms with van der Waals surface area (Å²) < 4.78 is 43.4. The Morgan fingerprint density at radius 1 is 0.963 bits per heavy atom. The van der Waals surface area contributed by atoms with Gasteiger partial charge in [-0.2, -0.15) is 4.98 Å². The van der Waals surface area contributed by atoms with E-state index >= 15 is 0 Å². The van der Waals surface area contributed by atoms with Crippen LogP contribution in [0, 0.1) is 0 Å². The van der Waals surface area contributed by atoms with Crippen molar-refractivity contribution in [1.82, 2.24) is 15.1 Å². The molecule has 1 N–H and O–H groups in total. The van der Waals surface area contributed by atoms with Crippen LogP contribution in [0.4, 0.5) is 12.9 Å². The number of benzene rings is 2. The quantitative estimate of drug-likeness (QED) is 0.557. The van der Waals surface area contributed by atoms with E-state index in [-0.39, 0.29) is 18.3 Å². The van der Waals surface area contributed by atoms with Gasteiger partial charge in [-0.3, -0.25) is 4.98 Å². The van der Waals surface area contributed by atoms with Crippen LogP contribution in [0.1, 0.15) is 5.56 Å². The molecule has 0 aliphatic heterocycles. The molecule has 0 aliphatic carbocycles. The molecular formula is C18H12BF3N3O2-. The summed E-state index contributed by atoms with van der Waals surface area (Å²) in [5.74, 6) is 0.414. The Labute approximate surface area is 151 Å². The minimum Gasteiger partial charge on any atom is -0.445 e. The van der Waals surface area contributed by atoms with Gasteiger partial charge < -0.3 is 22.6 Å². The number of aliphatic hydroxyl groups is 1. The molecule has 0 saturated carbocycles. The smallest absolute Gasteiger partial charge is 0.445 e. The summed E-state index contributed by atoms with van der Waals surface area (Å²) in [7, 11) is 0. The molecule has 2 aromatic heterocycles. The lowest BCUT2D eigenvalue weighted by molar-refractivity contribution is 0.282. The predicted octanol–water partition coefficient (Wildman–Crippen LogP) is 3.50. The van der Waals surface area contributed by atoms with Crippen molar-refractivity contribution in [2.45, 2.75) is 6.61 Å². The van der Waals surface area contributed by atoms with Crippen LogP contribution >= 0.6 is 0 Å². The van der Waals surface area contributed by atoms with E-state index in [0.717, 1.165) is 28.6 Å². The normalized spacial score (nSPS) is 11.9. The van der Waals surface area contributed by atoms with Gasteiger partial charge in [0.15, 0.2) is 0 Å². The average molecular weight is 370 g/mol. The number of fused-ring (bicyclic) bond motifs is 1. The van der Waals surface area contributed by atoms with Crippen LogP contribution in [0.25, 0.3) is 33.7 Å². The lowest BCUT2D eigenvalue weighted by atomic mass is 9.80. The first kappa shape index (κ1) is 17.2. The zero-order chi connectivity index (χ0) is 19.0. The Kier molecular flexibility index (Phi) is 4.16. The van der Waals surface area contributed by atoms with Gasteiger partial charge in [0.05, 0.1) is 17.7 Å². The third-order valence-corrected chi connectivity index (χ3v) is 4.15. The molecular weight excluding hydrogens is 358 g/mol. The molecule has 0 unspecified atom stereocenters. The molecule has 5 nitrogen and oxygen atoms in total. The van der Waals surface area contributed by atoms with Crippen molar-refractivity contribution in [3.63, 3.8) is 0 Å². The van der Waals surface area contributed by atoms with Crippen LogP contribution in [0.15, 0.2) is 59.3 Å². The fourth-order valence-electron chi connectivity index (χ4n) is 2.69. The Bertz CT molecular complexity index is 1110. The molecule has 136 valence electrons. The van der Waals surface area contributed by atoms with Gasteiger partial charge in [0.25, 0.3) is 5.89 Å². The molecule has 0 aliphatic rings. The first-order valence-electron chi connectivity index (χ1n) is 8.08. The SMILES string of the molecule is OCc1ccc2cc(-c3nc(-c4ccc([B-](F)(F)F)cc4)no3)cnc2c1. The second-order valence-corrected chi connectivity index (χ2v) is 6.03. The summed E-state index contributed by atoms with van der Waals surface area (Å²) in [5.41, 5.74) is 1.81. The van der Waals surface area contributed by atoms with Crippen LogP contribution < -0.4 is 5.46 Å². The maximum Gasteiger partial charge on any atom is 0.509 e. The summed E-state index contributed by atoms with van der Waals surface area (Å²) in [6.07, 6.45) is 1.57. The van der Waals surface area contributed by atoms with Crippen molar-refractivity contribution >= 4 is 23.3 Å². The third-order valence-electron chi connectivity index (χ3n) is 4.15. The zero-order valence-corrected chi connectivity index (χ0v) is 13.8. The van der Waals surface area contributed by atoms with E-state index in [1.807, 2.05) is 12.1 Å². The topological polar surface area (TPSA) is 72.0 Å². The molecule has 2 aromatic carbocycles. The minimum absolute atomic E-state index is 0.0688. The summed E-state index contributed by atoms with van der Waals surface area (Å²) >= 11 is 0. The predicted molar refractivity (Wildman–Crippen MR) is 95.1 cm³/mol. The van der Waals surface area contributed by atoms with Crippen LogP contribution in [0.2, 0.25) is 0 Å². The Hall–Kier alpha value is -3.20. The van der Waals surface area contributed by atoms with Crippen molar-refractivity contribution in [3.8, 4) is 22.8 Å². The summed E-state index contributed by atoms with van der Waals surface area (Å²) in [4.78, 5) is 8.57. The molecule has 0 amide bonds.